The minimum absolute atomic E-state index is 0.0268. The van der Waals surface area contributed by atoms with Crippen LogP contribution in [-0.2, 0) is 6.18 Å². The van der Waals surface area contributed by atoms with Crippen molar-refractivity contribution in [3.05, 3.63) is 70.8 Å². The molecule has 108 valence electrons. The Bertz CT molecular complexity index is 671. The molecule has 0 aliphatic heterocycles. The molecule has 6 heteroatoms. The zero-order valence-electron chi connectivity index (χ0n) is 10.5. The first kappa shape index (κ1) is 14.8. The SMILES string of the molecule is O=C(O)c1ccc(C(=O)c2ccc(C(F)(F)F)cc2)cc1. The van der Waals surface area contributed by atoms with Gasteiger partial charge in [-0.15, -0.1) is 0 Å². The third-order valence-corrected chi connectivity index (χ3v) is 2.87. The van der Waals surface area contributed by atoms with Crippen molar-refractivity contribution < 1.29 is 27.9 Å². The Balaban J connectivity index is 2.25. The normalized spacial score (nSPS) is 11.2. The van der Waals surface area contributed by atoms with Crippen LogP contribution in [0.2, 0.25) is 0 Å². The number of carbonyl (C=O) groups excluding carboxylic acids is 1. The predicted molar refractivity (Wildman–Crippen MR) is 68.3 cm³/mol. The molecule has 0 saturated heterocycles. The van der Waals surface area contributed by atoms with Crippen molar-refractivity contribution in [3.8, 4) is 0 Å². The molecular weight excluding hydrogens is 285 g/mol. The number of carboxylic acid groups (broad SMARTS) is 1. The molecule has 0 radical (unpaired) electrons. The van der Waals surface area contributed by atoms with Crippen LogP contribution in [-0.4, -0.2) is 16.9 Å². The van der Waals surface area contributed by atoms with Crippen LogP contribution in [0.5, 0.6) is 0 Å². The number of carbonyl (C=O) groups is 2. The van der Waals surface area contributed by atoms with Gasteiger partial charge >= 0.3 is 12.1 Å². The van der Waals surface area contributed by atoms with E-state index in [1.54, 1.807) is 0 Å². The molecule has 2 aromatic rings. The van der Waals surface area contributed by atoms with Crippen molar-refractivity contribution in [2.45, 2.75) is 6.18 Å². The van der Waals surface area contributed by atoms with E-state index in [4.69, 9.17) is 5.11 Å². The molecule has 3 nitrogen and oxygen atoms in total. The Kier molecular flexibility index (Phi) is 3.80. The average Bonchev–Trinajstić information content (AvgIpc) is 2.46. The largest absolute Gasteiger partial charge is 0.478 e. The highest BCUT2D eigenvalue weighted by molar-refractivity contribution is 6.09. The molecule has 0 atom stereocenters. The standard InChI is InChI=1S/C15H9F3O3/c16-15(17,18)12-7-5-10(6-8-12)13(19)9-1-3-11(4-2-9)14(20)21/h1-8H,(H,20,21). The number of carboxylic acids is 1. The first-order valence-electron chi connectivity index (χ1n) is 5.84. The fraction of sp³-hybridized carbons (Fsp3) is 0.0667. The Hall–Kier alpha value is -2.63. The lowest BCUT2D eigenvalue weighted by Gasteiger charge is -2.07. The summed E-state index contributed by atoms with van der Waals surface area (Å²) in [6, 6.07) is 9.02. The van der Waals surface area contributed by atoms with Crippen LogP contribution in [0.15, 0.2) is 48.5 Å². The Morgan fingerprint density at radius 3 is 1.52 bits per heavy atom. The van der Waals surface area contributed by atoms with Crippen LogP contribution < -0.4 is 0 Å². The fourth-order valence-corrected chi connectivity index (χ4v) is 1.74. The van der Waals surface area contributed by atoms with E-state index in [0.717, 1.165) is 24.3 Å². The van der Waals surface area contributed by atoms with Gasteiger partial charge in [-0.1, -0.05) is 24.3 Å². The molecule has 2 aromatic carbocycles. The first-order valence-corrected chi connectivity index (χ1v) is 5.84. The van der Waals surface area contributed by atoms with E-state index in [9.17, 15) is 22.8 Å². The summed E-state index contributed by atoms with van der Waals surface area (Å²) >= 11 is 0. The van der Waals surface area contributed by atoms with Crippen LogP contribution >= 0.6 is 0 Å². The van der Waals surface area contributed by atoms with Crippen LogP contribution in [0.25, 0.3) is 0 Å². The summed E-state index contributed by atoms with van der Waals surface area (Å²) in [6.45, 7) is 0. The summed E-state index contributed by atoms with van der Waals surface area (Å²) < 4.78 is 37.3. The van der Waals surface area contributed by atoms with Gasteiger partial charge in [0.05, 0.1) is 11.1 Å². The van der Waals surface area contributed by atoms with Gasteiger partial charge in [0.15, 0.2) is 5.78 Å². The summed E-state index contributed by atoms with van der Waals surface area (Å²) in [5, 5.41) is 8.75. The van der Waals surface area contributed by atoms with Gasteiger partial charge in [0.25, 0.3) is 0 Å². The number of halogens is 3. The highest BCUT2D eigenvalue weighted by Gasteiger charge is 2.30. The number of hydrogen-bond donors (Lipinski definition) is 1. The van der Waals surface area contributed by atoms with Crippen molar-refractivity contribution >= 4 is 11.8 Å². The summed E-state index contributed by atoms with van der Waals surface area (Å²) in [6.07, 6.45) is -4.45. The zero-order chi connectivity index (χ0) is 15.6. The van der Waals surface area contributed by atoms with Gasteiger partial charge in [0, 0.05) is 11.1 Å². The smallest absolute Gasteiger partial charge is 0.416 e. The van der Waals surface area contributed by atoms with E-state index in [2.05, 4.69) is 0 Å². The van der Waals surface area contributed by atoms with Gasteiger partial charge in [-0.05, 0) is 24.3 Å². The van der Waals surface area contributed by atoms with Gasteiger partial charge < -0.3 is 5.11 Å². The molecule has 0 unspecified atom stereocenters. The molecular formula is C15H9F3O3. The van der Waals surface area contributed by atoms with E-state index in [1.165, 1.54) is 24.3 Å². The van der Waals surface area contributed by atoms with Gasteiger partial charge in [-0.3, -0.25) is 4.79 Å². The summed E-state index contributed by atoms with van der Waals surface area (Å²) in [5.74, 6) is -1.59. The number of benzene rings is 2. The second-order valence-electron chi connectivity index (χ2n) is 4.29. The Morgan fingerprint density at radius 1 is 0.762 bits per heavy atom. The van der Waals surface area contributed by atoms with Gasteiger partial charge in [0.2, 0.25) is 0 Å². The quantitative estimate of drug-likeness (QED) is 0.879. The van der Waals surface area contributed by atoms with Crippen LogP contribution in [0.4, 0.5) is 13.2 Å². The molecule has 0 saturated carbocycles. The van der Waals surface area contributed by atoms with Crippen molar-refractivity contribution in [2.75, 3.05) is 0 Å². The van der Waals surface area contributed by atoms with Gasteiger partial charge in [-0.2, -0.15) is 13.2 Å². The second-order valence-corrected chi connectivity index (χ2v) is 4.29. The highest BCUT2D eigenvalue weighted by atomic mass is 19.4. The number of aromatic carboxylic acids is 1. The topological polar surface area (TPSA) is 54.4 Å². The molecule has 0 aromatic heterocycles. The van der Waals surface area contributed by atoms with Crippen LogP contribution in [0.1, 0.15) is 31.8 Å². The van der Waals surface area contributed by atoms with Crippen molar-refractivity contribution in [3.63, 3.8) is 0 Å². The predicted octanol–water partition coefficient (Wildman–Crippen LogP) is 3.63. The second kappa shape index (κ2) is 5.40. The minimum Gasteiger partial charge on any atom is -0.478 e. The maximum atomic E-state index is 12.4. The maximum absolute atomic E-state index is 12.4. The van der Waals surface area contributed by atoms with Crippen LogP contribution in [0, 0.1) is 0 Å². The van der Waals surface area contributed by atoms with Crippen molar-refractivity contribution in [2.24, 2.45) is 0 Å². The number of hydrogen-bond acceptors (Lipinski definition) is 2. The summed E-state index contributed by atoms with van der Waals surface area (Å²) in [5.41, 5.74) is -0.495. The lowest BCUT2D eigenvalue weighted by Crippen LogP contribution is -2.07. The highest BCUT2D eigenvalue weighted by Crippen LogP contribution is 2.29. The maximum Gasteiger partial charge on any atom is 0.416 e. The number of alkyl halides is 3. The fourth-order valence-electron chi connectivity index (χ4n) is 1.74. The lowest BCUT2D eigenvalue weighted by atomic mass is 10.0. The number of ketones is 1. The molecule has 0 amide bonds. The van der Waals surface area contributed by atoms with E-state index in [-0.39, 0.29) is 16.7 Å². The molecule has 0 fully saturated rings. The molecule has 0 aliphatic carbocycles. The van der Waals surface area contributed by atoms with E-state index in [0.29, 0.717) is 0 Å². The van der Waals surface area contributed by atoms with E-state index >= 15 is 0 Å². The molecule has 0 spiro atoms. The van der Waals surface area contributed by atoms with Gasteiger partial charge in [-0.25, -0.2) is 4.79 Å². The van der Waals surface area contributed by atoms with E-state index < -0.39 is 23.5 Å². The van der Waals surface area contributed by atoms with Crippen LogP contribution in [0.3, 0.4) is 0 Å². The van der Waals surface area contributed by atoms with Crippen molar-refractivity contribution in [1.82, 2.24) is 0 Å². The molecule has 0 heterocycles. The first-order chi connectivity index (χ1) is 9.79. The monoisotopic (exact) mass is 294 g/mol. The molecule has 0 bridgehead atoms. The third kappa shape index (κ3) is 3.28. The lowest BCUT2D eigenvalue weighted by molar-refractivity contribution is -0.137. The summed E-state index contributed by atoms with van der Waals surface area (Å²) in [7, 11) is 0. The van der Waals surface area contributed by atoms with Crippen molar-refractivity contribution in [1.29, 1.82) is 0 Å². The van der Waals surface area contributed by atoms with Gasteiger partial charge in [0.1, 0.15) is 0 Å². The van der Waals surface area contributed by atoms with E-state index in [1.807, 2.05) is 0 Å². The molecule has 0 aliphatic rings. The summed E-state index contributed by atoms with van der Waals surface area (Å²) in [4.78, 5) is 22.8. The molecule has 21 heavy (non-hydrogen) atoms. The Labute approximate surface area is 117 Å². The third-order valence-electron chi connectivity index (χ3n) is 2.87. The minimum atomic E-state index is -4.45. The Morgan fingerprint density at radius 2 is 1.14 bits per heavy atom. The molecule has 1 N–H and O–H groups in total. The molecule has 2 rings (SSSR count). The zero-order valence-corrected chi connectivity index (χ0v) is 10.5. The average molecular weight is 294 g/mol. The number of rotatable bonds is 3.